The minimum atomic E-state index is -0.276. The summed E-state index contributed by atoms with van der Waals surface area (Å²) < 4.78 is 1.71. The Morgan fingerprint density at radius 2 is 1.87 bits per heavy atom. The van der Waals surface area contributed by atoms with Crippen LogP contribution >= 0.6 is 0 Å². The lowest BCUT2D eigenvalue weighted by Crippen LogP contribution is -2.30. The number of carbonyl (C=O) groups is 1. The lowest BCUT2D eigenvalue weighted by atomic mass is 10.1. The number of hydrogen-bond acceptors (Lipinski definition) is 6. The molecule has 1 saturated heterocycles. The molecule has 0 aliphatic carbocycles. The van der Waals surface area contributed by atoms with Gasteiger partial charge >= 0.3 is 0 Å². The Hall–Kier alpha value is -3.75. The number of benzene rings is 1. The SMILES string of the molecule is Cc1nn(C)c2nc(-c3ccccc3)cc(C(=O)Nc3nc(N4CCCCC4)n[nH]3)c12. The van der Waals surface area contributed by atoms with E-state index in [0.717, 1.165) is 42.6 Å². The summed E-state index contributed by atoms with van der Waals surface area (Å²) in [4.78, 5) is 24.7. The molecule has 1 aliphatic heterocycles. The summed E-state index contributed by atoms with van der Waals surface area (Å²) in [5.74, 6) is 0.678. The van der Waals surface area contributed by atoms with Crippen LogP contribution in [0.2, 0.25) is 0 Å². The van der Waals surface area contributed by atoms with Crippen molar-refractivity contribution in [1.29, 1.82) is 0 Å². The van der Waals surface area contributed by atoms with Crippen molar-refractivity contribution < 1.29 is 4.79 Å². The average molecular weight is 416 g/mol. The second-order valence-electron chi connectivity index (χ2n) is 7.81. The van der Waals surface area contributed by atoms with Gasteiger partial charge in [-0.1, -0.05) is 30.3 Å². The average Bonchev–Trinajstić information content (AvgIpc) is 3.38. The summed E-state index contributed by atoms with van der Waals surface area (Å²) in [5.41, 5.74) is 3.57. The molecule has 2 N–H and O–H groups in total. The molecule has 0 spiro atoms. The molecule has 1 fully saturated rings. The van der Waals surface area contributed by atoms with Gasteiger partial charge in [0.05, 0.1) is 22.3 Å². The van der Waals surface area contributed by atoms with Gasteiger partial charge in [0.15, 0.2) is 5.65 Å². The first-order valence-corrected chi connectivity index (χ1v) is 10.5. The predicted octanol–water partition coefficient (Wildman–Crippen LogP) is 3.30. The zero-order valence-electron chi connectivity index (χ0n) is 17.6. The smallest absolute Gasteiger partial charge is 0.258 e. The molecular formula is C22H24N8O. The zero-order chi connectivity index (χ0) is 21.4. The highest BCUT2D eigenvalue weighted by Crippen LogP contribution is 2.27. The second kappa shape index (κ2) is 7.82. The highest BCUT2D eigenvalue weighted by Gasteiger charge is 2.21. The molecule has 9 heteroatoms. The van der Waals surface area contributed by atoms with Crippen LogP contribution in [0, 0.1) is 6.92 Å². The van der Waals surface area contributed by atoms with Crippen LogP contribution in [-0.4, -0.2) is 48.9 Å². The summed E-state index contributed by atoms with van der Waals surface area (Å²) in [6, 6.07) is 11.6. The summed E-state index contributed by atoms with van der Waals surface area (Å²) >= 11 is 0. The van der Waals surface area contributed by atoms with E-state index in [1.54, 1.807) is 4.68 Å². The zero-order valence-corrected chi connectivity index (χ0v) is 17.6. The fourth-order valence-corrected chi connectivity index (χ4v) is 4.10. The highest BCUT2D eigenvalue weighted by atomic mass is 16.1. The summed E-state index contributed by atoms with van der Waals surface area (Å²) in [6.45, 7) is 3.75. The third-order valence-corrected chi connectivity index (χ3v) is 5.63. The molecule has 158 valence electrons. The van der Waals surface area contributed by atoms with E-state index in [4.69, 9.17) is 4.98 Å². The minimum absolute atomic E-state index is 0.276. The molecule has 1 aliphatic rings. The van der Waals surface area contributed by atoms with E-state index in [1.165, 1.54) is 6.42 Å². The third-order valence-electron chi connectivity index (χ3n) is 5.63. The van der Waals surface area contributed by atoms with Gasteiger partial charge in [-0.2, -0.15) is 10.1 Å². The van der Waals surface area contributed by atoms with Gasteiger partial charge in [-0.25, -0.2) is 10.1 Å². The van der Waals surface area contributed by atoms with Gasteiger partial charge in [0, 0.05) is 25.7 Å². The van der Waals surface area contributed by atoms with E-state index in [1.807, 2.05) is 50.4 Å². The van der Waals surface area contributed by atoms with E-state index < -0.39 is 0 Å². The van der Waals surface area contributed by atoms with Gasteiger partial charge in [-0.15, -0.1) is 5.10 Å². The molecule has 0 saturated carbocycles. The van der Waals surface area contributed by atoms with Crippen LogP contribution in [0.5, 0.6) is 0 Å². The number of aryl methyl sites for hydroxylation is 2. The molecule has 0 bridgehead atoms. The van der Waals surface area contributed by atoms with E-state index in [9.17, 15) is 4.79 Å². The Bertz CT molecular complexity index is 1240. The van der Waals surface area contributed by atoms with Crippen LogP contribution < -0.4 is 10.2 Å². The number of nitrogens with one attached hydrogen (secondary N) is 2. The number of hydrogen-bond donors (Lipinski definition) is 2. The normalized spacial score (nSPS) is 14.2. The molecule has 4 aromatic rings. The summed E-state index contributed by atoms with van der Waals surface area (Å²) in [5, 5.41) is 15.2. The molecule has 3 aromatic heterocycles. The number of anilines is 2. The number of H-pyrrole nitrogens is 1. The number of aromatic nitrogens is 6. The molecular weight excluding hydrogens is 392 g/mol. The molecule has 0 unspecified atom stereocenters. The number of pyridine rings is 1. The Balaban J connectivity index is 1.50. The van der Waals surface area contributed by atoms with E-state index in [-0.39, 0.29) is 5.91 Å². The van der Waals surface area contributed by atoms with Crippen molar-refractivity contribution in [2.75, 3.05) is 23.3 Å². The topological polar surface area (TPSA) is 105 Å². The van der Waals surface area contributed by atoms with Crippen molar-refractivity contribution >= 4 is 28.8 Å². The monoisotopic (exact) mass is 416 g/mol. The van der Waals surface area contributed by atoms with Crippen molar-refractivity contribution in [3.05, 3.63) is 47.7 Å². The maximum atomic E-state index is 13.3. The first-order chi connectivity index (χ1) is 15.1. The van der Waals surface area contributed by atoms with Crippen molar-refractivity contribution in [2.45, 2.75) is 26.2 Å². The predicted molar refractivity (Wildman–Crippen MR) is 119 cm³/mol. The molecule has 1 aromatic carbocycles. The van der Waals surface area contributed by atoms with E-state index in [2.05, 4.69) is 30.5 Å². The molecule has 0 atom stereocenters. The third kappa shape index (κ3) is 3.63. The summed E-state index contributed by atoms with van der Waals surface area (Å²) in [7, 11) is 1.83. The quantitative estimate of drug-likeness (QED) is 0.529. The lowest BCUT2D eigenvalue weighted by molar-refractivity contribution is 0.102. The van der Waals surface area contributed by atoms with Crippen molar-refractivity contribution in [1.82, 2.24) is 29.9 Å². The standard InChI is InChI=1S/C22H24N8O/c1-14-18-16(13-17(15-9-5-3-6-10-15)23-19(18)29(2)28-14)20(31)24-21-25-22(27-26-21)30-11-7-4-8-12-30/h3,5-6,9-10,13H,4,7-8,11-12H2,1-2H3,(H2,24,25,26,27,31). The van der Waals surface area contributed by atoms with Crippen LogP contribution in [-0.2, 0) is 7.05 Å². The van der Waals surface area contributed by atoms with Crippen molar-refractivity contribution in [2.24, 2.45) is 7.05 Å². The maximum absolute atomic E-state index is 13.3. The fourth-order valence-electron chi connectivity index (χ4n) is 4.10. The number of rotatable bonds is 4. The Morgan fingerprint density at radius 1 is 1.10 bits per heavy atom. The molecule has 5 rings (SSSR count). The van der Waals surface area contributed by atoms with Crippen LogP contribution in [0.3, 0.4) is 0 Å². The molecule has 31 heavy (non-hydrogen) atoms. The van der Waals surface area contributed by atoms with E-state index >= 15 is 0 Å². The van der Waals surface area contributed by atoms with Gasteiger partial charge in [-0.3, -0.25) is 14.8 Å². The number of carbonyl (C=O) groups excluding carboxylic acids is 1. The maximum Gasteiger partial charge on any atom is 0.258 e. The van der Waals surface area contributed by atoms with Gasteiger partial charge in [0.1, 0.15) is 0 Å². The second-order valence-corrected chi connectivity index (χ2v) is 7.81. The number of aromatic amines is 1. The largest absolute Gasteiger partial charge is 0.340 e. The number of nitrogens with zero attached hydrogens (tertiary/aromatic N) is 6. The van der Waals surface area contributed by atoms with Crippen molar-refractivity contribution in [3.8, 4) is 11.3 Å². The fraction of sp³-hybridized carbons (Fsp3) is 0.318. The Labute approximate surface area is 179 Å². The lowest BCUT2D eigenvalue weighted by Gasteiger charge is -2.24. The number of amides is 1. The Kier molecular flexibility index (Phi) is 4.85. The minimum Gasteiger partial charge on any atom is -0.340 e. The van der Waals surface area contributed by atoms with E-state index in [0.29, 0.717) is 28.8 Å². The first-order valence-electron chi connectivity index (χ1n) is 10.5. The first kappa shape index (κ1) is 19.2. The number of fused-ring (bicyclic) bond motifs is 1. The Morgan fingerprint density at radius 3 is 2.65 bits per heavy atom. The van der Waals surface area contributed by atoms with Crippen LogP contribution in [0.25, 0.3) is 22.3 Å². The summed E-state index contributed by atoms with van der Waals surface area (Å²) in [6.07, 6.45) is 3.50. The van der Waals surface area contributed by atoms with Gasteiger partial charge in [0.2, 0.25) is 11.9 Å². The highest BCUT2D eigenvalue weighted by molar-refractivity contribution is 6.12. The number of piperidine rings is 1. The molecule has 9 nitrogen and oxygen atoms in total. The van der Waals surface area contributed by atoms with Crippen LogP contribution in [0.4, 0.5) is 11.9 Å². The van der Waals surface area contributed by atoms with Gasteiger partial charge in [-0.05, 0) is 32.3 Å². The van der Waals surface area contributed by atoms with Crippen LogP contribution in [0.1, 0.15) is 35.3 Å². The molecule has 0 radical (unpaired) electrons. The van der Waals surface area contributed by atoms with Crippen molar-refractivity contribution in [3.63, 3.8) is 0 Å². The van der Waals surface area contributed by atoms with Gasteiger partial charge < -0.3 is 4.90 Å². The molecule has 1 amide bonds. The van der Waals surface area contributed by atoms with Gasteiger partial charge in [0.25, 0.3) is 5.91 Å². The van der Waals surface area contributed by atoms with Crippen LogP contribution in [0.15, 0.2) is 36.4 Å². The molecule has 4 heterocycles.